The van der Waals surface area contributed by atoms with Crippen molar-refractivity contribution in [3.63, 3.8) is 0 Å². The molecule has 7 nitrogen and oxygen atoms in total. The molecular formula is C28H25ClN4O3. The predicted molar refractivity (Wildman–Crippen MR) is 140 cm³/mol. The number of imidazole rings is 1. The van der Waals surface area contributed by atoms with Crippen LogP contribution in [0.2, 0.25) is 5.02 Å². The quantitative estimate of drug-likeness (QED) is 0.314. The first-order valence-electron chi connectivity index (χ1n) is 12.0. The average Bonchev–Trinajstić information content (AvgIpc) is 3.65. The van der Waals surface area contributed by atoms with E-state index in [1.165, 1.54) is 0 Å². The Morgan fingerprint density at radius 2 is 1.81 bits per heavy atom. The summed E-state index contributed by atoms with van der Waals surface area (Å²) in [5, 5.41) is 15.3. The molecule has 0 radical (unpaired) electrons. The van der Waals surface area contributed by atoms with E-state index >= 15 is 0 Å². The fourth-order valence-electron chi connectivity index (χ4n) is 4.62. The third-order valence-electron chi connectivity index (χ3n) is 6.62. The van der Waals surface area contributed by atoms with E-state index in [1.54, 1.807) is 6.20 Å². The maximum atomic E-state index is 10.4. The number of nitrogens with zero attached hydrogens (tertiary/aromatic N) is 3. The molecule has 1 aliphatic heterocycles. The van der Waals surface area contributed by atoms with Crippen LogP contribution in [0.15, 0.2) is 79.1 Å². The van der Waals surface area contributed by atoms with Crippen molar-refractivity contribution in [1.29, 1.82) is 0 Å². The van der Waals surface area contributed by atoms with E-state index in [0.29, 0.717) is 17.6 Å². The topological polar surface area (TPSA) is 85.2 Å². The molecule has 6 rings (SSSR count). The Bertz CT molecular complexity index is 1480. The van der Waals surface area contributed by atoms with Crippen LogP contribution >= 0.6 is 11.6 Å². The molecule has 0 bridgehead atoms. The number of fused-ring (bicyclic) bond motifs is 1. The van der Waals surface area contributed by atoms with E-state index < -0.39 is 12.2 Å². The number of nitrogens with one attached hydrogen (secondary N) is 1. The highest BCUT2D eigenvalue weighted by Crippen LogP contribution is 2.34. The molecule has 36 heavy (non-hydrogen) atoms. The number of aromatic nitrogens is 4. The van der Waals surface area contributed by atoms with Gasteiger partial charge in [0.1, 0.15) is 6.10 Å². The van der Waals surface area contributed by atoms with E-state index in [1.807, 2.05) is 36.0 Å². The molecule has 5 aromatic rings. The molecule has 0 spiro atoms. The number of aromatic amines is 1. The molecule has 0 amide bonds. The minimum Gasteiger partial charge on any atom is -0.456 e. The Morgan fingerprint density at radius 1 is 1.08 bits per heavy atom. The second-order valence-corrected chi connectivity index (χ2v) is 9.30. The Hall–Kier alpha value is -3.65. The molecule has 2 N–H and O–H groups in total. The number of aliphatic hydroxyl groups is 1. The van der Waals surface area contributed by atoms with Gasteiger partial charge in [0.25, 0.3) is 6.01 Å². The summed E-state index contributed by atoms with van der Waals surface area (Å²) in [7, 11) is 0. The smallest absolute Gasteiger partial charge is 0.295 e. The number of halogens is 1. The van der Waals surface area contributed by atoms with Crippen molar-refractivity contribution < 1.29 is 14.6 Å². The van der Waals surface area contributed by atoms with Crippen LogP contribution in [0.25, 0.3) is 39.0 Å². The highest BCUT2D eigenvalue weighted by atomic mass is 35.5. The summed E-state index contributed by atoms with van der Waals surface area (Å²) in [6.45, 7) is 2.31. The summed E-state index contributed by atoms with van der Waals surface area (Å²) in [5.74, 6) is 0. The van der Waals surface area contributed by atoms with Gasteiger partial charge < -0.3 is 19.6 Å². The summed E-state index contributed by atoms with van der Waals surface area (Å²) in [5.41, 5.74) is 6.64. The monoisotopic (exact) mass is 500 g/mol. The van der Waals surface area contributed by atoms with Gasteiger partial charge in [-0.05, 0) is 53.4 Å². The minimum atomic E-state index is -0.678. The van der Waals surface area contributed by atoms with Gasteiger partial charge in [0.05, 0.1) is 34.5 Å². The molecule has 182 valence electrons. The summed E-state index contributed by atoms with van der Waals surface area (Å²) in [6.07, 6.45) is 3.08. The van der Waals surface area contributed by atoms with Crippen molar-refractivity contribution in [3.8, 4) is 34.0 Å². The molecule has 0 saturated carbocycles. The first-order chi connectivity index (χ1) is 17.6. The van der Waals surface area contributed by atoms with Gasteiger partial charge in [0, 0.05) is 18.0 Å². The highest BCUT2D eigenvalue weighted by molar-refractivity contribution is 6.34. The molecule has 0 unspecified atom stereocenters. The Labute approximate surface area is 213 Å². The number of aliphatic hydroxyl groups excluding tert-OH is 1. The van der Waals surface area contributed by atoms with Gasteiger partial charge in [-0.25, -0.2) is 4.68 Å². The highest BCUT2D eigenvalue weighted by Gasteiger charge is 2.36. The van der Waals surface area contributed by atoms with E-state index in [0.717, 1.165) is 45.4 Å². The third kappa shape index (κ3) is 4.26. The fraction of sp³-hybridized carbons (Fsp3) is 0.214. The van der Waals surface area contributed by atoms with Gasteiger partial charge in [0.2, 0.25) is 0 Å². The number of rotatable bonds is 6. The lowest BCUT2D eigenvalue weighted by atomic mass is 10.00. The maximum absolute atomic E-state index is 10.4. The SMILES string of the molecule is CC[C@H]1OC[C@@H](Oc2nc3cc(-c4ccc(-c5ccc(-n6cccn6)cc5)cc4)c(Cl)cc3[nH]2)[C@@H]1O. The van der Waals surface area contributed by atoms with Crippen molar-refractivity contribution in [2.45, 2.75) is 31.7 Å². The van der Waals surface area contributed by atoms with Crippen molar-refractivity contribution in [2.24, 2.45) is 0 Å². The Balaban J connectivity index is 1.22. The summed E-state index contributed by atoms with van der Waals surface area (Å²) in [6, 6.07) is 22.6. The van der Waals surface area contributed by atoms with E-state index in [9.17, 15) is 5.11 Å². The minimum absolute atomic E-state index is 0.210. The third-order valence-corrected chi connectivity index (χ3v) is 6.93. The average molecular weight is 501 g/mol. The summed E-state index contributed by atoms with van der Waals surface area (Å²) >= 11 is 6.64. The molecule has 3 aromatic carbocycles. The zero-order valence-corrected chi connectivity index (χ0v) is 20.4. The van der Waals surface area contributed by atoms with Crippen LogP contribution in [0.1, 0.15) is 13.3 Å². The van der Waals surface area contributed by atoms with E-state index in [4.69, 9.17) is 21.1 Å². The van der Waals surface area contributed by atoms with Gasteiger partial charge in [-0.15, -0.1) is 0 Å². The van der Waals surface area contributed by atoms with Gasteiger partial charge in [-0.2, -0.15) is 10.1 Å². The number of hydrogen-bond donors (Lipinski definition) is 2. The van der Waals surface area contributed by atoms with Crippen LogP contribution in [0, 0.1) is 0 Å². The lowest BCUT2D eigenvalue weighted by Crippen LogP contribution is -2.34. The van der Waals surface area contributed by atoms with Gasteiger partial charge in [-0.3, -0.25) is 0 Å². The van der Waals surface area contributed by atoms with Crippen molar-refractivity contribution >= 4 is 22.6 Å². The summed E-state index contributed by atoms with van der Waals surface area (Å²) in [4.78, 5) is 7.72. The van der Waals surface area contributed by atoms with Crippen molar-refractivity contribution in [1.82, 2.24) is 19.7 Å². The van der Waals surface area contributed by atoms with Crippen molar-refractivity contribution in [3.05, 3.63) is 84.1 Å². The van der Waals surface area contributed by atoms with Crippen molar-refractivity contribution in [2.75, 3.05) is 6.61 Å². The molecule has 1 fully saturated rings. The molecule has 3 heterocycles. The number of H-pyrrole nitrogens is 1. The molecule has 2 aromatic heterocycles. The Morgan fingerprint density at radius 3 is 2.47 bits per heavy atom. The molecule has 3 atom stereocenters. The lowest BCUT2D eigenvalue weighted by Gasteiger charge is -2.15. The van der Waals surface area contributed by atoms with Crippen LogP contribution in [-0.2, 0) is 4.74 Å². The van der Waals surface area contributed by atoms with Crippen LogP contribution in [-0.4, -0.2) is 49.8 Å². The largest absolute Gasteiger partial charge is 0.456 e. The van der Waals surface area contributed by atoms with Crippen LogP contribution in [0.4, 0.5) is 0 Å². The zero-order chi connectivity index (χ0) is 24.6. The second-order valence-electron chi connectivity index (χ2n) is 8.89. The van der Waals surface area contributed by atoms with Crippen LogP contribution < -0.4 is 4.74 Å². The first-order valence-corrected chi connectivity index (χ1v) is 12.3. The normalized spacial score (nSPS) is 19.7. The number of ether oxygens (including phenoxy) is 2. The molecular weight excluding hydrogens is 476 g/mol. The standard InChI is InChI=1S/C28H25ClN4O3/c1-2-25-27(34)26(16-35-25)36-28-31-23-14-21(22(29)15-24(23)32-28)19-6-4-17(5-7-19)18-8-10-20(11-9-18)33-13-3-12-30-33/h3-15,25-27,34H,2,16H2,1H3,(H,31,32)/t25-,26-,27-/m1/s1. The predicted octanol–water partition coefficient (Wildman–Crippen LogP) is 5.65. The van der Waals surface area contributed by atoms with Crippen LogP contribution in [0.5, 0.6) is 6.01 Å². The summed E-state index contributed by atoms with van der Waals surface area (Å²) < 4.78 is 13.3. The molecule has 8 heteroatoms. The van der Waals surface area contributed by atoms with E-state index in [2.05, 4.69) is 63.6 Å². The second kappa shape index (κ2) is 9.43. The number of benzene rings is 3. The van der Waals surface area contributed by atoms with Gasteiger partial charge in [0.15, 0.2) is 6.10 Å². The van der Waals surface area contributed by atoms with Gasteiger partial charge in [-0.1, -0.05) is 54.9 Å². The Kier molecular flexibility index (Phi) is 5.97. The van der Waals surface area contributed by atoms with Gasteiger partial charge >= 0.3 is 0 Å². The zero-order valence-electron chi connectivity index (χ0n) is 19.6. The van der Waals surface area contributed by atoms with Crippen LogP contribution in [0.3, 0.4) is 0 Å². The maximum Gasteiger partial charge on any atom is 0.295 e. The molecule has 1 saturated heterocycles. The van der Waals surface area contributed by atoms with E-state index in [-0.39, 0.29) is 6.10 Å². The lowest BCUT2D eigenvalue weighted by molar-refractivity contribution is 0.0258. The molecule has 1 aliphatic rings. The number of hydrogen-bond acceptors (Lipinski definition) is 5. The molecule has 0 aliphatic carbocycles. The fourth-order valence-corrected chi connectivity index (χ4v) is 4.89. The first kappa shape index (κ1) is 22.8.